The minimum Gasteiger partial charge on any atom is -0.370 e. The van der Waals surface area contributed by atoms with Crippen molar-refractivity contribution in [3.63, 3.8) is 0 Å². The first-order valence-corrected chi connectivity index (χ1v) is 13.4. The average Bonchev–Trinajstić information content (AvgIpc) is 3.72. The van der Waals surface area contributed by atoms with Gasteiger partial charge in [-0.25, -0.2) is 18.6 Å². The molecule has 12 heteroatoms. The third-order valence-corrected chi connectivity index (χ3v) is 7.91. The normalized spacial score (nSPS) is 15.5. The Balaban J connectivity index is 1.17. The molecule has 208 valence electrons. The van der Waals surface area contributed by atoms with Crippen molar-refractivity contribution in [2.45, 2.75) is 32.7 Å². The highest BCUT2D eigenvalue weighted by Crippen LogP contribution is 2.37. The third-order valence-electron chi connectivity index (χ3n) is 7.91. The number of nitrogens with zero attached hydrogens (tertiary/aromatic N) is 9. The minimum absolute atomic E-state index is 0.0146. The molecule has 1 saturated heterocycles. The first-order valence-electron chi connectivity index (χ1n) is 13.4. The van der Waals surface area contributed by atoms with Crippen molar-refractivity contribution in [1.82, 2.24) is 39.5 Å². The zero-order valence-corrected chi connectivity index (χ0v) is 23.0. The Hall–Kier alpha value is -5.05. The van der Waals surface area contributed by atoms with Crippen LogP contribution in [0.4, 0.5) is 10.1 Å². The molecule has 1 unspecified atom stereocenters. The number of amides is 1. The van der Waals surface area contributed by atoms with Gasteiger partial charge in [0.15, 0.2) is 11.6 Å². The molecular weight excluding hydrogens is 523 g/mol. The molecule has 1 amide bonds. The first-order chi connectivity index (χ1) is 19.7. The van der Waals surface area contributed by atoms with E-state index < -0.39 is 11.2 Å². The molecule has 1 aliphatic heterocycles. The number of aryl methyl sites for hydroxylation is 1. The molecule has 0 aromatic carbocycles. The molecule has 6 rings (SSSR count). The van der Waals surface area contributed by atoms with Gasteiger partial charge in [-0.1, -0.05) is 13.0 Å². The predicted molar refractivity (Wildman–Crippen MR) is 150 cm³/mol. The van der Waals surface area contributed by atoms with Gasteiger partial charge in [0.05, 0.1) is 42.1 Å². The molecule has 5 aromatic heterocycles. The summed E-state index contributed by atoms with van der Waals surface area (Å²) in [5, 5.41) is 25.5. The zero-order valence-electron chi connectivity index (χ0n) is 23.0. The van der Waals surface area contributed by atoms with Crippen molar-refractivity contribution in [2.24, 2.45) is 12.5 Å². The number of aromatic nitrogens is 7. The van der Waals surface area contributed by atoms with Gasteiger partial charge in [0.2, 0.25) is 5.91 Å². The monoisotopic (exact) mass is 552 g/mol. The summed E-state index contributed by atoms with van der Waals surface area (Å²) in [5.74, 6) is 0.0475. The lowest BCUT2D eigenvalue weighted by atomic mass is 9.79. The maximum atomic E-state index is 13.5. The van der Waals surface area contributed by atoms with E-state index in [0.717, 1.165) is 34.1 Å². The van der Waals surface area contributed by atoms with Crippen LogP contribution in [-0.4, -0.2) is 53.2 Å². The van der Waals surface area contributed by atoms with Crippen molar-refractivity contribution >= 4 is 17.1 Å². The van der Waals surface area contributed by atoms with Crippen LogP contribution in [0.5, 0.6) is 0 Å². The van der Waals surface area contributed by atoms with Gasteiger partial charge in [0, 0.05) is 55.3 Å². The topological polar surface area (TPSA) is 122 Å². The van der Waals surface area contributed by atoms with Gasteiger partial charge in [-0.2, -0.15) is 20.6 Å². The van der Waals surface area contributed by atoms with E-state index in [-0.39, 0.29) is 11.9 Å². The quantitative estimate of drug-likeness (QED) is 0.340. The Bertz CT molecular complexity index is 1770. The van der Waals surface area contributed by atoms with Gasteiger partial charge in [-0.15, -0.1) is 0 Å². The Morgan fingerprint density at radius 2 is 1.88 bits per heavy atom. The molecule has 0 spiro atoms. The van der Waals surface area contributed by atoms with E-state index in [1.54, 1.807) is 33.9 Å². The lowest BCUT2D eigenvalue weighted by molar-refractivity contribution is -0.132. The van der Waals surface area contributed by atoms with Crippen LogP contribution in [0.15, 0.2) is 61.6 Å². The van der Waals surface area contributed by atoms with Crippen molar-refractivity contribution in [3.05, 3.63) is 78.5 Å². The lowest BCUT2D eigenvalue weighted by Gasteiger charge is -2.40. The molecule has 41 heavy (non-hydrogen) atoms. The highest BCUT2D eigenvalue weighted by atomic mass is 19.1. The van der Waals surface area contributed by atoms with Gasteiger partial charge < -0.3 is 10.2 Å². The fraction of sp³-hybridized carbons (Fsp3) is 0.310. The average molecular weight is 553 g/mol. The maximum absolute atomic E-state index is 13.5. The summed E-state index contributed by atoms with van der Waals surface area (Å²) in [4.78, 5) is 20.1. The van der Waals surface area contributed by atoms with Crippen LogP contribution in [0.2, 0.25) is 0 Å². The molecule has 1 fully saturated rings. The molecule has 0 saturated carbocycles. The van der Waals surface area contributed by atoms with Gasteiger partial charge >= 0.3 is 0 Å². The minimum atomic E-state index is -0.555. The number of carbonyl (C=O) groups is 1. The van der Waals surface area contributed by atoms with Gasteiger partial charge in [-0.3, -0.25) is 9.48 Å². The summed E-state index contributed by atoms with van der Waals surface area (Å²) in [6, 6.07) is 7.69. The van der Waals surface area contributed by atoms with Crippen molar-refractivity contribution in [2.75, 3.05) is 18.0 Å². The van der Waals surface area contributed by atoms with Crippen LogP contribution in [0.1, 0.15) is 43.9 Å². The van der Waals surface area contributed by atoms with E-state index in [4.69, 9.17) is 0 Å². The second kappa shape index (κ2) is 10.2. The molecule has 1 N–H and O–H groups in total. The SMILES string of the molecule is CC(NC(=O)C1(C)CCN(c2cc(-c3cnn(C)c3)cn3ncc(C#N)c23)CC1)c1ccc(-n2cc(F)cn2)nc1. The van der Waals surface area contributed by atoms with Gasteiger partial charge in [0.25, 0.3) is 0 Å². The largest absolute Gasteiger partial charge is 0.370 e. The fourth-order valence-corrected chi connectivity index (χ4v) is 5.29. The molecule has 0 radical (unpaired) electrons. The van der Waals surface area contributed by atoms with Crippen LogP contribution in [0.3, 0.4) is 0 Å². The molecular formula is C29H29FN10O. The highest BCUT2D eigenvalue weighted by molar-refractivity contribution is 5.85. The summed E-state index contributed by atoms with van der Waals surface area (Å²) in [7, 11) is 1.87. The Morgan fingerprint density at radius 1 is 1.07 bits per heavy atom. The second-order valence-corrected chi connectivity index (χ2v) is 10.8. The number of hydrogen-bond acceptors (Lipinski definition) is 7. The summed E-state index contributed by atoms with van der Waals surface area (Å²) in [6.45, 7) is 5.22. The van der Waals surface area contributed by atoms with Crippen molar-refractivity contribution in [1.29, 1.82) is 5.26 Å². The lowest BCUT2D eigenvalue weighted by Crippen LogP contribution is -2.48. The number of hydrogen-bond donors (Lipinski definition) is 1. The van der Waals surface area contributed by atoms with Gasteiger partial charge in [-0.05, 0) is 37.5 Å². The van der Waals surface area contributed by atoms with E-state index in [0.29, 0.717) is 37.3 Å². The molecule has 11 nitrogen and oxygen atoms in total. The maximum Gasteiger partial charge on any atom is 0.226 e. The summed E-state index contributed by atoms with van der Waals surface area (Å²) in [6.07, 6.45) is 12.6. The Morgan fingerprint density at radius 3 is 2.51 bits per heavy atom. The van der Waals surface area contributed by atoms with Crippen LogP contribution in [-0.2, 0) is 11.8 Å². The summed E-state index contributed by atoms with van der Waals surface area (Å²) in [5.41, 5.74) is 4.38. The van der Waals surface area contributed by atoms with Crippen molar-refractivity contribution < 1.29 is 9.18 Å². The molecule has 6 heterocycles. The van der Waals surface area contributed by atoms with Crippen LogP contribution in [0.25, 0.3) is 22.5 Å². The van der Waals surface area contributed by atoms with Crippen LogP contribution in [0, 0.1) is 22.6 Å². The summed E-state index contributed by atoms with van der Waals surface area (Å²) < 4.78 is 18.2. The molecule has 1 atom stereocenters. The Labute approximate surface area is 235 Å². The number of piperidine rings is 1. The smallest absolute Gasteiger partial charge is 0.226 e. The fourth-order valence-electron chi connectivity index (χ4n) is 5.29. The number of rotatable bonds is 6. The molecule has 0 bridgehead atoms. The molecule has 1 aliphatic rings. The first kappa shape index (κ1) is 26.2. The predicted octanol–water partition coefficient (Wildman–Crippen LogP) is 3.81. The van der Waals surface area contributed by atoms with E-state index in [1.807, 2.05) is 39.4 Å². The molecule has 0 aliphatic carbocycles. The number of carbonyl (C=O) groups excluding carboxylic acids is 1. The number of nitriles is 1. The number of pyridine rings is 2. The summed E-state index contributed by atoms with van der Waals surface area (Å²) >= 11 is 0. The molecule has 5 aromatic rings. The number of fused-ring (bicyclic) bond motifs is 1. The van der Waals surface area contributed by atoms with E-state index >= 15 is 0 Å². The third kappa shape index (κ3) is 4.91. The number of nitrogens with one attached hydrogen (secondary N) is 1. The number of anilines is 1. The Kier molecular flexibility index (Phi) is 6.49. The van der Waals surface area contributed by atoms with Crippen LogP contribution >= 0.6 is 0 Å². The number of halogens is 1. The standard InChI is InChI=1S/C29H29FN10O/c1-19(20-4-5-26(32-12-20)39-18-24(30)15-35-39)36-28(41)29(2)6-8-38(9-7-29)25-10-21(23-14-33-37(3)16-23)17-40-27(25)22(11-31)13-34-40/h4-5,10,12-19H,6-9H2,1-3H3,(H,36,41). The zero-order chi connectivity index (χ0) is 28.7. The van der Waals surface area contributed by atoms with Crippen LogP contribution < -0.4 is 10.2 Å². The van der Waals surface area contributed by atoms with E-state index in [9.17, 15) is 14.4 Å². The van der Waals surface area contributed by atoms with Crippen molar-refractivity contribution in [3.8, 4) is 23.0 Å². The second-order valence-electron chi connectivity index (χ2n) is 10.8. The highest BCUT2D eigenvalue weighted by Gasteiger charge is 2.38. The van der Waals surface area contributed by atoms with Gasteiger partial charge in [0.1, 0.15) is 11.6 Å². The van der Waals surface area contributed by atoms with E-state index in [1.165, 1.54) is 10.9 Å². The van der Waals surface area contributed by atoms with E-state index in [2.05, 4.69) is 42.6 Å².